The molecule has 3 aromatic rings. The van der Waals surface area contributed by atoms with Crippen LogP contribution < -0.4 is 4.74 Å². The van der Waals surface area contributed by atoms with Crippen LogP contribution in [0, 0.1) is 16.7 Å². The molecule has 7 heteroatoms. The maximum atomic E-state index is 9.48. The number of nitriles is 1. The largest absolute Gasteiger partial charge is 0.488 e. The molecule has 0 N–H and O–H groups in total. The predicted molar refractivity (Wildman–Crippen MR) is 152 cm³/mol. The first-order chi connectivity index (χ1) is 17.8. The van der Waals surface area contributed by atoms with Crippen LogP contribution in [0.2, 0.25) is 5.02 Å². The minimum Gasteiger partial charge on any atom is -0.488 e. The van der Waals surface area contributed by atoms with Crippen molar-refractivity contribution in [2.45, 2.75) is 76.9 Å². The van der Waals surface area contributed by atoms with E-state index in [4.69, 9.17) is 25.8 Å². The van der Waals surface area contributed by atoms with Gasteiger partial charge in [0, 0.05) is 58.0 Å². The molecule has 0 bridgehead atoms. The molecule has 0 amide bonds. The third-order valence-corrected chi connectivity index (χ3v) is 8.20. The molecule has 0 saturated carbocycles. The quantitative estimate of drug-likeness (QED) is 0.221. The summed E-state index contributed by atoms with van der Waals surface area (Å²) in [6.07, 6.45) is 1.88. The van der Waals surface area contributed by atoms with Crippen LogP contribution in [0.3, 0.4) is 0 Å². The summed E-state index contributed by atoms with van der Waals surface area (Å²) in [6.45, 7) is 12.8. The van der Waals surface area contributed by atoms with Gasteiger partial charge >= 0.3 is 0 Å². The van der Waals surface area contributed by atoms with Gasteiger partial charge in [-0.25, -0.2) is 0 Å². The molecule has 198 valence electrons. The average Bonchev–Trinajstić information content (AvgIpc) is 3.12. The Hall–Kier alpha value is -2.17. The SMILES string of the molecule is CCOC(COc1ccc2c3c1CC(C)Sc3c(CC(C)(C)CC#N)n2Cc1ccc(Cl)cc1)OCC. The van der Waals surface area contributed by atoms with Gasteiger partial charge in [-0.2, -0.15) is 5.26 Å². The predicted octanol–water partition coefficient (Wildman–Crippen LogP) is 7.64. The summed E-state index contributed by atoms with van der Waals surface area (Å²) in [5, 5.41) is 11.9. The average molecular weight is 541 g/mol. The number of aromatic nitrogens is 1. The maximum absolute atomic E-state index is 9.48. The van der Waals surface area contributed by atoms with Crippen molar-refractivity contribution >= 4 is 34.3 Å². The fourth-order valence-corrected chi connectivity index (χ4v) is 6.48. The molecule has 2 aromatic carbocycles. The molecular formula is C30H37ClN2O3S. The zero-order valence-electron chi connectivity index (χ0n) is 22.5. The van der Waals surface area contributed by atoms with E-state index in [1.54, 1.807) is 0 Å². The van der Waals surface area contributed by atoms with Crippen molar-refractivity contribution in [3.05, 3.63) is 58.2 Å². The molecule has 1 aliphatic heterocycles. The highest BCUT2D eigenvalue weighted by Crippen LogP contribution is 2.48. The maximum Gasteiger partial charge on any atom is 0.191 e. The first-order valence-corrected chi connectivity index (χ1v) is 14.3. The van der Waals surface area contributed by atoms with Gasteiger partial charge in [-0.1, -0.05) is 44.5 Å². The summed E-state index contributed by atoms with van der Waals surface area (Å²) in [5.41, 5.74) is 4.81. The Morgan fingerprint density at radius 3 is 2.49 bits per heavy atom. The first kappa shape index (κ1) is 27.9. The Balaban J connectivity index is 1.81. The smallest absolute Gasteiger partial charge is 0.191 e. The molecular weight excluding hydrogens is 504 g/mol. The molecule has 4 rings (SSSR count). The van der Waals surface area contributed by atoms with E-state index in [-0.39, 0.29) is 11.7 Å². The van der Waals surface area contributed by atoms with Gasteiger partial charge in [0.15, 0.2) is 6.29 Å². The van der Waals surface area contributed by atoms with Crippen LogP contribution in [0.25, 0.3) is 10.9 Å². The lowest BCUT2D eigenvalue weighted by Crippen LogP contribution is -2.25. The second-order valence-electron chi connectivity index (χ2n) is 10.4. The Labute approximate surface area is 230 Å². The van der Waals surface area contributed by atoms with Crippen molar-refractivity contribution in [3.63, 3.8) is 0 Å². The number of benzene rings is 2. The highest BCUT2D eigenvalue weighted by Gasteiger charge is 2.31. The number of halogens is 1. The third-order valence-electron chi connectivity index (χ3n) is 6.70. The summed E-state index contributed by atoms with van der Waals surface area (Å²) in [6, 6.07) is 14.7. The summed E-state index contributed by atoms with van der Waals surface area (Å²) in [7, 11) is 0. The number of thioether (sulfide) groups is 1. The van der Waals surface area contributed by atoms with Gasteiger partial charge in [0.25, 0.3) is 0 Å². The van der Waals surface area contributed by atoms with Crippen molar-refractivity contribution < 1.29 is 14.2 Å². The van der Waals surface area contributed by atoms with Crippen molar-refractivity contribution in [1.29, 1.82) is 5.26 Å². The highest BCUT2D eigenvalue weighted by atomic mass is 35.5. The van der Waals surface area contributed by atoms with Gasteiger partial charge in [0.1, 0.15) is 12.4 Å². The number of hydrogen-bond donors (Lipinski definition) is 0. The molecule has 37 heavy (non-hydrogen) atoms. The van der Waals surface area contributed by atoms with Crippen molar-refractivity contribution in [1.82, 2.24) is 4.57 Å². The lowest BCUT2D eigenvalue weighted by atomic mass is 9.85. The second kappa shape index (κ2) is 12.1. The summed E-state index contributed by atoms with van der Waals surface area (Å²) >= 11 is 8.11. The molecule has 5 nitrogen and oxygen atoms in total. The van der Waals surface area contributed by atoms with E-state index in [1.165, 1.54) is 32.6 Å². The highest BCUT2D eigenvalue weighted by molar-refractivity contribution is 8.00. The van der Waals surface area contributed by atoms with E-state index >= 15 is 0 Å². The molecule has 1 atom stereocenters. The van der Waals surface area contributed by atoms with Crippen LogP contribution in [0.1, 0.15) is 57.9 Å². The summed E-state index contributed by atoms with van der Waals surface area (Å²) in [5.74, 6) is 0.900. The van der Waals surface area contributed by atoms with Crippen LogP contribution in [0.4, 0.5) is 0 Å². The van der Waals surface area contributed by atoms with Crippen LogP contribution >= 0.6 is 23.4 Å². The first-order valence-electron chi connectivity index (χ1n) is 13.1. The van der Waals surface area contributed by atoms with Gasteiger partial charge in [-0.3, -0.25) is 0 Å². The molecule has 0 aliphatic carbocycles. The summed E-state index contributed by atoms with van der Waals surface area (Å²) < 4.78 is 20.2. The number of rotatable bonds is 12. The van der Waals surface area contributed by atoms with Crippen LogP contribution in [-0.2, 0) is 28.9 Å². The molecule has 0 fully saturated rings. The normalized spacial score (nSPS) is 15.4. The van der Waals surface area contributed by atoms with E-state index in [1.807, 2.05) is 37.7 Å². The van der Waals surface area contributed by atoms with Crippen molar-refractivity contribution in [2.75, 3.05) is 19.8 Å². The standard InChI is InChI=1S/C30H37ClN2O3S/c1-6-34-27(35-7-2)19-36-26-13-12-24-28-23(26)16-20(3)37-29(28)25(17-30(4,5)14-15-32)33(24)18-21-8-10-22(31)11-9-21/h8-13,20,27H,6-7,14,16-19H2,1-5H3. The van der Waals surface area contributed by atoms with E-state index in [0.717, 1.165) is 30.2 Å². The van der Waals surface area contributed by atoms with Gasteiger partial charge in [-0.05, 0) is 61.9 Å². The Bertz CT molecular complexity index is 1260. The lowest BCUT2D eigenvalue weighted by molar-refractivity contribution is -0.152. The fraction of sp³-hybridized carbons (Fsp3) is 0.500. The van der Waals surface area contributed by atoms with Gasteiger partial charge in [0.05, 0.1) is 11.6 Å². The molecule has 1 aliphatic rings. The molecule has 1 unspecified atom stereocenters. The van der Waals surface area contributed by atoms with E-state index in [9.17, 15) is 5.26 Å². The molecule has 0 radical (unpaired) electrons. The fourth-order valence-electron chi connectivity index (χ4n) is 5.03. The monoisotopic (exact) mass is 540 g/mol. The topological polar surface area (TPSA) is 56.4 Å². The van der Waals surface area contributed by atoms with Crippen molar-refractivity contribution in [3.8, 4) is 11.8 Å². The minimum atomic E-state index is -0.385. The Morgan fingerprint density at radius 2 is 1.84 bits per heavy atom. The van der Waals surface area contributed by atoms with Gasteiger partial charge in [-0.15, -0.1) is 11.8 Å². The molecule has 0 saturated heterocycles. The van der Waals surface area contributed by atoms with Gasteiger partial charge < -0.3 is 18.8 Å². The zero-order chi connectivity index (χ0) is 26.6. The second-order valence-corrected chi connectivity index (χ2v) is 12.3. The van der Waals surface area contributed by atoms with Crippen LogP contribution in [-0.4, -0.2) is 35.9 Å². The zero-order valence-corrected chi connectivity index (χ0v) is 24.0. The Kier molecular flexibility index (Phi) is 9.13. The molecule has 2 heterocycles. The van der Waals surface area contributed by atoms with E-state index in [0.29, 0.717) is 31.5 Å². The van der Waals surface area contributed by atoms with Crippen molar-refractivity contribution in [2.24, 2.45) is 5.41 Å². The number of ether oxygens (including phenoxy) is 3. The molecule has 1 aromatic heterocycles. The van der Waals surface area contributed by atoms with E-state index in [2.05, 4.69) is 55.7 Å². The Morgan fingerprint density at radius 1 is 1.14 bits per heavy atom. The minimum absolute atomic E-state index is 0.139. The molecule has 0 spiro atoms. The van der Waals surface area contributed by atoms with E-state index < -0.39 is 0 Å². The number of nitrogens with zero attached hydrogens (tertiary/aromatic N) is 2. The number of hydrogen-bond acceptors (Lipinski definition) is 5. The summed E-state index contributed by atoms with van der Waals surface area (Å²) in [4.78, 5) is 1.32. The third kappa shape index (κ3) is 6.46. The van der Waals surface area contributed by atoms with Gasteiger partial charge in [0.2, 0.25) is 0 Å². The van der Waals surface area contributed by atoms with Crippen LogP contribution in [0.15, 0.2) is 41.3 Å². The van der Waals surface area contributed by atoms with Crippen LogP contribution in [0.5, 0.6) is 5.75 Å². The lowest BCUT2D eigenvalue weighted by Gasteiger charge is -2.26.